The van der Waals surface area contributed by atoms with Crippen molar-refractivity contribution in [3.05, 3.63) is 24.0 Å². The predicted molar refractivity (Wildman–Crippen MR) is 89.3 cm³/mol. The molecule has 1 amide bonds. The summed E-state index contributed by atoms with van der Waals surface area (Å²) in [5, 5.41) is 0. The van der Waals surface area contributed by atoms with Gasteiger partial charge in [0.15, 0.2) is 0 Å². The normalized spacial score (nSPS) is 23.9. The zero-order valence-electron chi connectivity index (χ0n) is 14.0. The number of likely N-dealkylation sites (tertiary alicyclic amines) is 2. The van der Waals surface area contributed by atoms with Crippen LogP contribution in [0, 0.1) is 11.8 Å². The Morgan fingerprint density at radius 3 is 2.70 bits per heavy atom. The number of piperidine rings is 2. The first-order valence-electron chi connectivity index (χ1n) is 8.83. The van der Waals surface area contributed by atoms with Crippen LogP contribution in [0.4, 0.5) is 0 Å². The summed E-state index contributed by atoms with van der Waals surface area (Å²) in [6.07, 6.45) is 6.39. The summed E-state index contributed by atoms with van der Waals surface area (Å²) in [4.78, 5) is 31.7. The minimum Gasteiger partial charge on any atom is -0.358 e. The summed E-state index contributed by atoms with van der Waals surface area (Å²) in [7, 11) is 0. The first-order chi connectivity index (χ1) is 11.1. The highest BCUT2D eigenvalue weighted by atomic mass is 16.2. The third-order valence-electron chi connectivity index (χ3n) is 5.24. The summed E-state index contributed by atoms with van der Waals surface area (Å²) in [5.74, 6) is 0.568. The van der Waals surface area contributed by atoms with Crippen LogP contribution in [0.3, 0.4) is 0 Å². The standard InChI is InChI=1S/C18H27N3O2/c1-14-6-10-20(11-7-14)12-15-4-3-9-21(13-15)18(23)17(22)16-5-2-8-19-16/h2,5,8,14-15,19H,3-4,6-7,9-13H2,1H3/t15-/m1/s1. The van der Waals surface area contributed by atoms with Crippen LogP contribution >= 0.6 is 0 Å². The number of Topliss-reactive ketones (excluding diaryl/α,β-unsaturated/α-hetero) is 1. The molecule has 2 fully saturated rings. The molecule has 3 rings (SSSR count). The van der Waals surface area contributed by atoms with E-state index in [1.165, 1.54) is 25.9 Å². The first-order valence-corrected chi connectivity index (χ1v) is 8.83. The fraction of sp³-hybridized carbons (Fsp3) is 0.667. The highest BCUT2D eigenvalue weighted by Crippen LogP contribution is 2.22. The average molecular weight is 317 g/mol. The van der Waals surface area contributed by atoms with Gasteiger partial charge in [0.2, 0.25) is 0 Å². The number of ketones is 1. The number of nitrogens with zero attached hydrogens (tertiary/aromatic N) is 2. The van der Waals surface area contributed by atoms with Gasteiger partial charge in [0.1, 0.15) is 0 Å². The molecule has 2 aliphatic rings. The maximum Gasteiger partial charge on any atom is 0.296 e. The van der Waals surface area contributed by atoms with Gasteiger partial charge in [-0.15, -0.1) is 0 Å². The molecular weight excluding hydrogens is 290 g/mol. The average Bonchev–Trinajstić information content (AvgIpc) is 3.10. The number of aromatic amines is 1. The van der Waals surface area contributed by atoms with Gasteiger partial charge in [0, 0.05) is 25.8 Å². The summed E-state index contributed by atoms with van der Waals surface area (Å²) in [6.45, 7) is 7.16. The molecule has 3 heterocycles. The van der Waals surface area contributed by atoms with Crippen molar-refractivity contribution in [2.45, 2.75) is 32.6 Å². The molecule has 1 atom stereocenters. The minimum absolute atomic E-state index is 0.357. The van der Waals surface area contributed by atoms with Crippen LogP contribution in [0.25, 0.3) is 0 Å². The third kappa shape index (κ3) is 4.02. The summed E-state index contributed by atoms with van der Waals surface area (Å²) >= 11 is 0. The predicted octanol–water partition coefficient (Wildman–Crippen LogP) is 2.17. The molecular formula is C18H27N3O2. The Morgan fingerprint density at radius 2 is 2.00 bits per heavy atom. The van der Waals surface area contributed by atoms with Gasteiger partial charge in [-0.05, 0) is 62.7 Å². The molecule has 0 bridgehead atoms. The number of carbonyl (C=O) groups is 2. The Kier molecular flexibility index (Phi) is 5.16. The molecule has 0 unspecified atom stereocenters. The number of rotatable bonds is 4. The van der Waals surface area contributed by atoms with Crippen molar-refractivity contribution >= 4 is 11.7 Å². The van der Waals surface area contributed by atoms with Crippen molar-refractivity contribution in [3.8, 4) is 0 Å². The molecule has 23 heavy (non-hydrogen) atoms. The van der Waals surface area contributed by atoms with E-state index in [9.17, 15) is 9.59 Å². The summed E-state index contributed by atoms with van der Waals surface area (Å²) in [5.41, 5.74) is 0.391. The lowest BCUT2D eigenvalue weighted by atomic mass is 9.94. The van der Waals surface area contributed by atoms with E-state index < -0.39 is 5.78 Å². The second-order valence-corrected chi connectivity index (χ2v) is 7.16. The number of hydrogen-bond donors (Lipinski definition) is 1. The van der Waals surface area contributed by atoms with E-state index in [0.717, 1.165) is 31.8 Å². The SMILES string of the molecule is CC1CCN(C[C@H]2CCCN(C(=O)C(=O)c3ccc[nH]3)C2)CC1. The van der Waals surface area contributed by atoms with Crippen molar-refractivity contribution in [1.82, 2.24) is 14.8 Å². The second-order valence-electron chi connectivity index (χ2n) is 7.16. The van der Waals surface area contributed by atoms with E-state index in [1.54, 1.807) is 23.2 Å². The van der Waals surface area contributed by atoms with E-state index in [0.29, 0.717) is 18.2 Å². The lowest BCUT2D eigenvalue weighted by Gasteiger charge is -2.37. The Bertz CT molecular complexity index is 532. The van der Waals surface area contributed by atoms with Crippen molar-refractivity contribution < 1.29 is 9.59 Å². The maximum absolute atomic E-state index is 12.4. The van der Waals surface area contributed by atoms with Crippen molar-refractivity contribution in [3.63, 3.8) is 0 Å². The highest BCUT2D eigenvalue weighted by molar-refractivity contribution is 6.42. The first kappa shape index (κ1) is 16.2. The Hall–Kier alpha value is -1.62. The molecule has 1 aromatic rings. The monoisotopic (exact) mass is 317 g/mol. The molecule has 0 saturated carbocycles. The van der Waals surface area contributed by atoms with Crippen molar-refractivity contribution in [1.29, 1.82) is 0 Å². The molecule has 1 aromatic heterocycles. The molecule has 5 nitrogen and oxygen atoms in total. The van der Waals surface area contributed by atoms with E-state index in [1.807, 2.05) is 0 Å². The quantitative estimate of drug-likeness (QED) is 0.684. The van der Waals surface area contributed by atoms with Crippen LogP contribution in [0.2, 0.25) is 0 Å². The highest BCUT2D eigenvalue weighted by Gasteiger charge is 2.30. The zero-order valence-corrected chi connectivity index (χ0v) is 14.0. The molecule has 1 N–H and O–H groups in total. The number of carbonyl (C=O) groups excluding carboxylic acids is 2. The Labute approximate surface area is 138 Å². The van der Waals surface area contributed by atoms with Gasteiger partial charge in [-0.25, -0.2) is 0 Å². The van der Waals surface area contributed by atoms with Crippen LogP contribution in [0.15, 0.2) is 18.3 Å². The number of nitrogens with one attached hydrogen (secondary N) is 1. The number of amides is 1. The van der Waals surface area contributed by atoms with Gasteiger partial charge in [-0.3, -0.25) is 9.59 Å². The lowest BCUT2D eigenvalue weighted by Crippen LogP contribution is -2.47. The topological polar surface area (TPSA) is 56.4 Å². The summed E-state index contributed by atoms with van der Waals surface area (Å²) in [6, 6.07) is 3.41. The van der Waals surface area contributed by atoms with Gasteiger partial charge >= 0.3 is 0 Å². The number of hydrogen-bond acceptors (Lipinski definition) is 3. The van der Waals surface area contributed by atoms with E-state index in [2.05, 4.69) is 16.8 Å². The third-order valence-corrected chi connectivity index (χ3v) is 5.24. The van der Waals surface area contributed by atoms with Gasteiger partial charge < -0.3 is 14.8 Å². The fourth-order valence-electron chi connectivity index (χ4n) is 3.74. The molecule has 2 saturated heterocycles. The lowest BCUT2D eigenvalue weighted by molar-refractivity contribution is -0.128. The molecule has 0 spiro atoms. The number of aromatic nitrogens is 1. The molecule has 5 heteroatoms. The van der Waals surface area contributed by atoms with Gasteiger partial charge in [-0.1, -0.05) is 6.92 Å². The Morgan fingerprint density at radius 1 is 1.22 bits per heavy atom. The van der Waals surface area contributed by atoms with Crippen LogP contribution < -0.4 is 0 Å². The van der Waals surface area contributed by atoms with Crippen LogP contribution in [0.1, 0.15) is 43.1 Å². The Balaban J connectivity index is 1.53. The number of H-pyrrole nitrogens is 1. The molecule has 0 radical (unpaired) electrons. The van der Waals surface area contributed by atoms with Gasteiger partial charge in [0.05, 0.1) is 5.69 Å². The smallest absolute Gasteiger partial charge is 0.296 e. The van der Waals surface area contributed by atoms with E-state index in [4.69, 9.17) is 0 Å². The molecule has 126 valence electrons. The van der Waals surface area contributed by atoms with Gasteiger partial charge in [0.25, 0.3) is 11.7 Å². The molecule has 0 aromatic carbocycles. The molecule has 0 aliphatic carbocycles. The van der Waals surface area contributed by atoms with Crippen LogP contribution in [0.5, 0.6) is 0 Å². The largest absolute Gasteiger partial charge is 0.358 e. The van der Waals surface area contributed by atoms with E-state index in [-0.39, 0.29) is 5.91 Å². The summed E-state index contributed by atoms with van der Waals surface area (Å²) < 4.78 is 0. The molecule has 2 aliphatic heterocycles. The van der Waals surface area contributed by atoms with E-state index >= 15 is 0 Å². The fourth-order valence-corrected chi connectivity index (χ4v) is 3.74. The van der Waals surface area contributed by atoms with Crippen molar-refractivity contribution in [2.24, 2.45) is 11.8 Å². The maximum atomic E-state index is 12.4. The van der Waals surface area contributed by atoms with Crippen LogP contribution in [-0.4, -0.2) is 59.2 Å². The zero-order chi connectivity index (χ0) is 16.2. The van der Waals surface area contributed by atoms with Gasteiger partial charge in [-0.2, -0.15) is 0 Å². The minimum atomic E-state index is -0.414. The van der Waals surface area contributed by atoms with Crippen LogP contribution in [-0.2, 0) is 4.79 Å². The van der Waals surface area contributed by atoms with Crippen molar-refractivity contribution in [2.75, 3.05) is 32.7 Å². The second kappa shape index (κ2) is 7.30.